The van der Waals surface area contributed by atoms with Crippen molar-refractivity contribution in [3.63, 3.8) is 0 Å². The lowest BCUT2D eigenvalue weighted by Gasteiger charge is -2.00. The number of hydrogen-bond acceptors (Lipinski definition) is 1. The molecule has 70 valence electrons. The minimum atomic E-state index is 1.16. The van der Waals surface area contributed by atoms with E-state index in [0.29, 0.717) is 0 Å². The summed E-state index contributed by atoms with van der Waals surface area (Å²) in [7, 11) is 0. The second-order valence-electron chi connectivity index (χ2n) is 3.82. The molecule has 0 aliphatic carbocycles. The molecule has 0 spiro atoms. The molecule has 0 amide bonds. The van der Waals surface area contributed by atoms with Crippen molar-refractivity contribution in [2.75, 3.05) is 6.54 Å². The first-order chi connectivity index (χ1) is 5.89. The van der Waals surface area contributed by atoms with Crippen molar-refractivity contribution < 1.29 is 0 Å². The van der Waals surface area contributed by atoms with Gasteiger partial charge in [0.1, 0.15) is 0 Å². The smallest absolute Gasteiger partial charge is 0.0141 e. The predicted octanol–water partition coefficient (Wildman–Crippen LogP) is 3.22. The Morgan fingerprint density at radius 3 is 2.50 bits per heavy atom. The van der Waals surface area contributed by atoms with Crippen LogP contribution in [0.2, 0.25) is 0 Å². The summed E-state index contributed by atoms with van der Waals surface area (Å²) in [5, 5.41) is 3.37. The van der Waals surface area contributed by atoms with Gasteiger partial charge in [-0.2, -0.15) is 0 Å². The number of hydrogen-bond donors (Lipinski definition) is 1. The molecular weight excluding hydrogens is 146 g/mol. The van der Waals surface area contributed by atoms with Crippen LogP contribution in [0, 0.1) is 0 Å². The van der Waals surface area contributed by atoms with E-state index < -0.39 is 0 Å². The van der Waals surface area contributed by atoms with E-state index >= 15 is 0 Å². The van der Waals surface area contributed by atoms with Crippen LogP contribution in [0.5, 0.6) is 0 Å². The van der Waals surface area contributed by atoms with E-state index in [9.17, 15) is 0 Å². The van der Waals surface area contributed by atoms with Gasteiger partial charge in [-0.3, -0.25) is 0 Å². The molecule has 0 radical (unpaired) electrons. The molecular formula is C11H21N. The second-order valence-corrected chi connectivity index (χ2v) is 3.82. The minimum absolute atomic E-state index is 1.16. The molecule has 1 rings (SSSR count). The Morgan fingerprint density at radius 2 is 1.67 bits per heavy atom. The standard InChI is InChI=1S/C11H21N/c1-11-8-6-4-2-3-5-7-9-12-10-11/h10,12H,2-9H2,1H3/b11-10-. The number of nitrogens with one attached hydrogen (secondary N) is 1. The summed E-state index contributed by atoms with van der Waals surface area (Å²) < 4.78 is 0. The lowest BCUT2D eigenvalue weighted by molar-refractivity contribution is 0.594. The molecule has 1 nitrogen and oxygen atoms in total. The first kappa shape index (κ1) is 9.63. The maximum Gasteiger partial charge on any atom is 0.0141 e. The molecule has 0 atom stereocenters. The summed E-state index contributed by atoms with van der Waals surface area (Å²) in [6, 6.07) is 0. The fraction of sp³-hybridized carbons (Fsp3) is 0.818. The highest BCUT2D eigenvalue weighted by Gasteiger charge is 1.95. The summed E-state index contributed by atoms with van der Waals surface area (Å²) in [6.07, 6.45) is 11.9. The zero-order valence-corrected chi connectivity index (χ0v) is 8.23. The van der Waals surface area contributed by atoms with Crippen LogP contribution < -0.4 is 5.32 Å². The largest absolute Gasteiger partial charge is 0.391 e. The minimum Gasteiger partial charge on any atom is -0.391 e. The summed E-state index contributed by atoms with van der Waals surface area (Å²) >= 11 is 0. The van der Waals surface area contributed by atoms with Crippen LogP contribution in [0.4, 0.5) is 0 Å². The van der Waals surface area contributed by atoms with Crippen molar-refractivity contribution in [3.8, 4) is 0 Å². The van der Waals surface area contributed by atoms with E-state index in [-0.39, 0.29) is 0 Å². The normalized spacial score (nSPS) is 26.2. The molecule has 0 saturated carbocycles. The van der Waals surface area contributed by atoms with Gasteiger partial charge in [-0.25, -0.2) is 0 Å². The van der Waals surface area contributed by atoms with Gasteiger partial charge in [0.05, 0.1) is 0 Å². The predicted molar refractivity (Wildman–Crippen MR) is 54.1 cm³/mol. The Morgan fingerprint density at radius 1 is 1.00 bits per heavy atom. The van der Waals surface area contributed by atoms with E-state index in [2.05, 4.69) is 18.4 Å². The van der Waals surface area contributed by atoms with Crippen molar-refractivity contribution in [1.82, 2.24) is 5.32 Å². The third-order valence-corrected chi connectivity index (χ3v) is 2.49. The molecule has 1 aliphatic heterocycles. The van der Waals surface area contributed by atoms with Crippen molar-refractivity contribution in [3.05, 3.63) is 11.8 Å². The van der Waals surface area contributed by atoms with Crippen LogP contribution in [0.3, 0.4) is 0 Å². The van der Waals surface area contributed by atoms with E-state index in [1.807, 2.05) is 0 Å². The Hall–Kier alpha value is -0.460. The summed E-state index contributed by atoms with van der Waals surface area (Å²) in [4.78, 5) is 0. The molecule has 0 aromatic carbocycles. The molecule has 0 fully saturated rings. The van der Waals surface area contributed by atoms with Crippen LogP contribution in [0.1, 0.15) is 51.9 Å². The van der Waals surface area contributed by atoms with Crippen molar-refractivity contribution >= 4 is 0 Å². The highest BCUT2D eigenvalue weighted by atomic mass is 14.8. The average Bonchev–Trinajstić information content (AvgIpc) is 2.11. The van der Waals surface area contributed by atoms with Gasteiger partial charge in [-0.15, -0.1) is 0 Å². The van der Waals surface area contributed by atoms with Gasteiger partial charge in [0.25, 0.3) is 0 Å². The summed E-state index contributed by atoms with van der Waals surface area (Å²) in [6.45, 7) is 3.39. The topological polar surface area (TPSA) is 12.0 Å². The molecule has 0 aromatic rings. The molecule has 1 aliphatic rings. The first-order valence-electron chi connectivity index (χ1n) is 5.28. The van der Waals surface area contributed by atoms with Crippen molar-refractivity contribution in [2.24, 2.45) is 0 Å². The van der Waals surface area contributed by atoms with E-state index in [4.69, 9.17) is 0 Å². The number of allylic oxidation sites excluding steroid dienone is 1. The zero-order valence-electron chi connectivity index (χ0n) is 8.23. The van der Waals surface area contributed by atoms with Crippen molar-refractivity contribution in [2.45, 2.75) is 51.9 Å². The van der Waals surface area contributed by atoms with Gasteiger partial charge >= 0.3 is 0 Å². The summed E-state index contributed by atoms with van der Waals surface area (Å²) in [5.74, 6) is 0. The summed E-state index contributed by atoms with van der Waals surface area (Å²) in [5.41, 5.74) is 1.51. The molecule has 0 aromatic heterocycles. The van der Waals surface area contributed by atoms with Gasteiger partial charge in [0, 0.05) is 6.54 Å². The lowest BCUT2D eigenvalue weighted by atomic mass is 10.1. The second kappa shape index (κ2) is 6.10. The molecule has 1 heterocycles. The lowest BCUT2D eigenvalue weighted by Crippen LogP contribution is -2.07. The molecule has 0 unspecified atom stereocenters. The molecule has 0 bridgehead atoms. The Kier molecular flexibility index (Phi) is 4.89. The van der Waals surface area contributed by atoms with Gasteiger partial charge in [0.2, 0.25) is 0 Å². The fourth-order valence-corrected chi connectivity index (χ4v) is 1.66. The van der Waals surface area contributed by atoms with Crippen LogP contribution >= 0.6 is 0 Å². The first-order valence-corrected chi connectivity index (χ1v) is 5.28. The number of rotatable bonds is 0. The SMILES string of the molecule is C/C1=C/NCCCCCCCC1. The Balaban J connectivity index is 2.25. The maximum absolute atomic E-state index is 3.37. The van der Waals surface area contributed by atoms with Crippen molar-refractivity contribution in [1.29, 1.82) is 0 Å². The van der Waals surface area contributed by atoms with E-state index in [1.54, 1.807) is 0 Å². The van der Waals surface area contributed by atoms with Gasteiger partial charge in [0.15, 0.2) is 0 Å². The van der Waals surface area contributed by atoms with Crippen LogP contribution in [0.25, 0.3) is 0 Å². The highest BCUT2D eigenvalue weighted by molar-refractivity contribution is 4.96. The van der Waals surface area contributed by atoms with Crippen LogP contribution in [0.15, 0.2) is 11.8 Å². The van der Waals surface area contributed by atoms with E-state index in [0.717, 1.165) is 6.54 Å². The monoisotopic (exact) mass is 167 g/mol. The third kappa shape index (κ3) is 4.42. The van der Waals surface area contributed by atoms with Crippen LogP contribution in [-0.2, 0) is 0 Å². The van der Waals surface area contributed by atoms with Gasteiger partial charge in [-0.05, 0) is 32.4 Å². The molecule has 12 heavy (non-hydrogen) atoms. The van der Waals surface area contributed by atoms with Crippen LogP contribution in [-0.4, -0.2) is 6.54 Å². The Bertz CT molecular complexity index is 138. The fourth-order valence-electron chi connectivity index (χ4n) is 1.66. The van der Waals surface area contributed by atoms with Gasteiger partial charge in [-0.1, -0.05) is 31.3 Å². The van der Waals surface area contributed by atoms with Gasteiger partial charge < -0.3 is 5.32 Å². The molecule has 0 saturated heterocycles. The molecule has 1 heteroatoms. The molecule has 1 N–H and O–H groups in total. The zero-order chi connectivity index (χ0) is 8.65. The maximum atomic E-state index is 3.37. The average molecular weight is 167 g/mol. The highest BCUT2D eigenvalue weighted by Crippen LogP contribution is 2.11. The van der Waals surface area contributed by atoms with E-state index in [1.165, 1.54) is 50.5 Å². The third-order valence-electron chi connectivity index (χ3n) is 2.49. The quantitative estimate of drug-likeness (QED) is 0.584. The Labute approximate surface area is 76.2 Å².